The lowest BCUT2D eigenvalue weighted by Crippen LogP contribution is -2.28. The summed E-state index contributed by atoms with van der Waals surface area (Å²) in [5, 5.41) is 0. The Kier molecular flexibility index (Phi) is 4.14. The maximum atomic E-state index is 5.81. The Hall–Kier alpha value is -0.340. The Morgan fingerprint density at radius 3 is 2.36 bits per heavy atom. The minimum Gasteiger partial charge on any atom is -0.330 e. The van der Waals surface area contributed by atoms with Crippen molar-refractivity contribution >= 4 is 11.3 Å². The van der Waals surface area contributed by atoms with Crippen molar-refractivity contribution in [2.24, 2.45) is 11.1 Å². The summed E-state index contributed by atoms with van der Waals surface area (Å²) in [6.07, 6.45) is 3.43. The van der Waals surface area contributed by atoms with E-state index in [1.54, 1.807) is 0 Å². The molecule has 0 saturated carbocycles. The predicted octanol–water partition coefficient (Wildman–Crippen LogP) is 3.23. The van der Waals surface area contributed by atoms with Crippen LogP contribution >= 0.6 is 11.3 Å². The highest BCUT2D eigenvalue weighted by Crippen LogP contribution is 2.28. The lowest BCUT2D eigenvalue weighted by molar-refractivity contribution is 0.323. The molecule has 0 spiro atoms. The summed E-state index contributed by atoms with van der Waals surface area (Å²) in [6, 6.07) is 4.50. The quantitative estimate of drug-likeness (QED) is 0.795. The summed E-state index contributed by atoms with van der Waals surface area (Å²) in [5.41, 5.74) is 6.10. The van der Waals surface area contributed by atoms with E-state index in [2.05, 4.69) is 32.9 Å². The molecule has 1 rings (SSSR count). The van der Waals surface area contributed by atoms with Crippen molar-refractivity contribution in [3.63, 3.8) is 0 Å². The molecule has 0 radical (unpaired) electrons. The van der Waals surface area contributed by atoms with Crippen molar-refractivity contribution in [2.45, 2.75) is 40.0 Å². The normalized spacial score (nSPS) is 15.4. The molecule has 0 aromatic carbocycles. The van der Waals surface area contributed by atoms with E-state index in [0.29, 0.717) is 0 Å². The number of nitrogens with two attached hydrogens (primary N) is 1. The van der Waals surface area contributed by atoms with Crippen LogP contribution in [0.25, 0.3) is 0 Å². The van der Waals surface area contributed by atoms with E-state index in [9.17, 15) is 0 Å². The Morgan fingerprint density at radius 1 is 1.29 bits per heavy atom. The van der Waals surface area contributed by atoms with Crippen LogP contribution in [0.2, 0.25) is 0 Å². The van der Waals surface area contributed by atoms with Gasteiger partial charge in [0.15, 0.2) is 0 Å². The van der Waals surface area contributed by atoms with Gasteiger partial charge in [0, 0.05) is 9.75 Å². The van der Waals surface area contributed by atoms with Crippen LogP contribution in [-0.4, -0.2) is 6.54 Å². The summed E-state index contributed by atoms with van der Waals surface area (Å²) in [4.78, 5) is 2.96. The molecule has 0 saturated heterocycles. The molecular formula is C12H21NS. The van der Waals surface area contributed by atoms with Crippen molar-refractivity contribution in [2.75, 3.05) is 6.54 Å². The maximum Gasteiger partial charge on any atom is 0.00540 e. The monoisotopic (exact) mass is 211 g/mol. The fourth-order valence-corrected chi connectivity index (χ4v) is 2.64. The predicted molar refractivity (Wildman–Crippen MR) is 64.9 cm³/mol. The highest BCUT2D eigenvalue weighted by Gasteiger charge is 2.21. The topological polar surface area (TPSA) is 26.0 Å². The molecule has 0 fully saturated rings. The zero-order chi connectivity index (χ0) is 10.6. The first-order valence-electron chi connectivity index (χ1n) is 5.41. The zero-order valence-electron chi connectivity index (χ0n) is 9.47. The van der Waals surface area contributed by atoms with E-state index < -0.39 is 0 Å². The minimum absolute atomic E-state index is 0.288. The molecule has 0 aliphatic carbocycles. The van der Waals surface area contributed by atoms with Gasteiger partial charge in [-0.15, -0.1) is 11.3 Å². The molecule has 1 unspecified atom stereocenters. The summed E-state index contributed by atoms with van der Waals surface area (Å²) in [7, 11) is 0. The standard InChI is InChI=1S/C12H21NS/c1-4-10-6-7-11(14-10)8-12(3,5-2)9-13/h6-7H,4-5,8-9,13H2,1-3H3. The second-order valence-corrected chi connectivity index (χ2v) is 5.52. The van der Waals surface area contributed by atoms with Crippen LogP contribution in [0.4, 0.5) is 0 Å². The molecule has 80 valence electrons. The molecule has 1 atom stereocenters. The molecule has 2 heteroatoms. The van der Waals surface area contributed by atoms with E-state index in [4.69, 9.17) is 5.73 Å². The molecule has 0 amide bonds. The SMILES string of the molecule is CCc1ccc(CC(C)(CC)CN)s1. The molecule has 2 N–H and O–H groups in total. The third kappa shape index (κ3) is 2.82. The third-order valence-corrected chi connectivity index (χ3v) is 4.24. The van der Waals surface area contributed by atoms with Gasteiger partial charge in [-0.2, -0.15) is 0 Å². The number of hydrogen-bond acceptors (Lipinski definition) is 2. The smallest absolute Gasteiger partial charge is 0.00540 e. The first-order chi connectivity index (χ1) is 6.63. The van der Waals surface area contributed by atoms with Crippen LogP contribution in [0.3, 0.4) is 0 Å². The lowest BCUT2D eigenvalue weighted by atomic mass is 9.84. The van der Waals surface area contributed by atoms with E-state index >= 15 is 0 Å². The van der Waals surface area contributed by atoms with Crippen molar-refractivity contribution in [3.05, 3.63) is 21.9 Å². The van der Waals surface area contributed by atoms with Crippen LogP contribution in [0.15, 0.2) is 12.1 Å². The van der Waals surface area contributed by atoms with Gasteiger partial charge >= 0.3 is 0 Å². The average Bonchev–Trinajstić information content (AvgIpc) is 2.65. The number of hydrogen-bond donors (Lipinski definition) is 1. The largest absolute Gasteiger partial charge is 0.330 e. The van der Waals surface area contributed by atoms with Gasteiger partial charge in [0.2, 0.25) is 0 Å². The van der Waals surface area contributed by atoms with Crippen LogP contribution in [0, 0.1) is 5.41 Å². The number of thiophene rings is 1. The molecule has 0 aliphatic rings. The molecule has 0 bridgehead atoms. The molecule has 1 nitrogen and oxygen atoms in total. The second-order valence-electron chi connectivity index (χ2n) is 4.27. The molecule has 1 heterocycles. The van der Waals surface area contributed by atoms with Gasteiger partial charge in [0.1, 0.15) is 0 Å². The second kappa shape index (κ2) is 4.94. The molecule has 1 aromatic rings. The van der Waals surface area contributed by atoms with E-state index in [0.717, 1.165) is 25.8 Å². The van der Waals surface area contributed by atoms with Gasteiger partial charge in [-0.25, -0.2) is 0 Å². The van der Waals surface area contributed by atoms with E-state index in [1.165, 1.54) is 9.75 Å². The Morgan fingerprint density at radius 2 is 1.93 bits per heavy atom. The van der Waals surface area contributed by atoms with Crippen molar-refractivity contribution in [1.29, 1.82) is 0 Å². The molecule has 1 aromatic heterocycles. The summed E-state index contributed by atoms with van der Waals surface area (Å²) >= 11 is 1.93. The molecular weight excluding hydrogens is 190 g/mol. The first-order valence-corrected chi connectivity index (χ1v) is 6.23. The minimum atomic E-state index is 0.288. The van der Waals surface area contributed by atoms with Gasteiger partial charge in [-0.1, -0.05) is 20.8 Å². The van der Waals surface area contributed by atoms with Gasteiger partial charge in [0.05, 0.1) is 0 Å². The molecule has 0 aliphatic heterocycles. The van der Waals surface area contributed by atoms with Gasteiger partial charge in [-0.05, 0) is 43.4 Å². The van der Waals surface area contributed by atoms with Crippen molar-refractivity contribution < 1.29 is 0 Å². The van der Waals surface area contributed by atoms with E-state index in [1.807, 2.05) is 11.3 Å². The van der Waals surface area contributed by atoms with Crippen LogP contribution in [0.1, 0.15) is 36.9 Å². The zero-order valence-corrected chi connectivity index (χ0v) is 10.3. The first kappa shape index (κ1) is 11.7. The van der Waals surface area contributed by atoms with Gasteiger partial charge in [0.25, 0.3) is 0 Å². The molecule has 14 heavy (non-hydrogen) atoms. The fraction of sp³-hybridized carbons (Fsp3) is 0.667. The van der Waals surface area contributed by atoms with Crippen LogP contribution < -0.4 is 5.73 Å². The maximum absolute atomic E-state index is 5.81. The summed E-state index contributed by atoms with van der Waals surface area (Å²) in [6.45, 7) is 7.49. The highest BCUT2D eigenvalue weighted by molar-refractivity contribution is 7.11. The Bertz CT molecular complexity index is 274. The van der Waals surface area contributed by atoms with Crippen LogP contribution in [-0.2, 0) is 12.8 Å². The Labute approximate surface area is 91.3 Å². The average molecular weight is 211 g/mol. The summed E-state index contributed by atoms with van der Waals surface area (Å²) < 4.78 is 0. The fourth-order valence-electron chi connectivity index (χ4n) is 1.47. The number of rotatable bonds is 5. The van der Waals surface area contributed by atoms with Gasteiger partial charge in [-0.3, -0.25) is 0 Å². The Balaban J connectivity index is 2.67. The van der Waals surface area contributed by atoms with Crippen molar-refractivity contribution in [1.82, 2.24) is 0 Å². The number of aryl methyl sites for hydroxylation is 1. The van der Waals surface area contributed by atoms with Crippen LogP contribution in [0.5, 0.6) is 0 Å². The third-order valence-electron chi connectivity index (χ3n) is 3.01. The van der Waals surface area contributed by atoms with Crippen molar-refractivity contribution in [3.8, 4) is 0 Å². The summed E-state index contributed by atoms with van der Waals surface area (Å²) in [5.74, 6) is 0. The lowest BCUT2D eigenvalue weighted by Gasteiger charge is -2.25. The van der Waals surface area contributed by atoms with E-state index in [-0.39, 0.29) is 5.41 Å². The van der Waals surface area contributed by atoms with Gasteiger partial charge < -0.3 is 5.73 Å². The highest BCUT2D eigenvalue weighted by atomic mass is 32.1.